The SMILES string of the molecule is CC(C)NC(=O)C1CCCC(NC(=O)c2nc(-c3cccs3)n(-c3ccccc3)n2)C1. The van der Waals surface area contributed by atoms with Crippen molar-refractivity contribution in [3.05, 3.63) is 53.7 Å². The van der Waals surface area contributed by atoms with Crippen molar-refractivity contribution >= 4 is 23.2 Å². The maximum Gasteiger partial charge on any atom is 0.291 e. The number of benzene rings is 1. The molecule has 31 heavy (non-hydrogen) atoms. The average molecular weight is 438 g/mol. The number of carbonyl (C=O) groups excluding carboxylic acids is 2. The van der Waals surface area contributed by atoms with Gasteiger partial charge in [-0.1, -0.05) is 30.7 Å². The van der Waals surface area contributed by atoms with Gasteiger partial charge in [0.1, 0.15) is 0 Å². The highest BCUT2D eigenvalue weighted by atomic mass is 32.1. The monoisotopic (exact) mass is 437 g/mol. The Hall–Kier alpha value is -3.00. The van der Waals surface area contributed by atoms with E-state index in [2.05, 4.69) is 20.7 Å². The Morgan fingerprint density at radius 2 is 1.94 bits per heavy atom. The largest absolute Gasteiger partial charge is 0.354 e. The zero-order valence-electron chi connectivity index (χ0n) is 17.7. The fraction of sp³-hybridized carbons (Fsp3) is 0.391. The van der Waals surface area contributed by atoms with Crippen molar-refractivity contribution in [2.24, 2.45) is 5.92 Å². The minimum atomic E-state index is -0.303. The van der Waals surface area contributed by atoms with Gasteiger partial charge >= 0.3 is 0 Å². The molecule has 1 saturated carbocycles. The normalized spacial score (nSPS) is 18.7. The quantitative estimate of drug-likeness (QED) is 0.614. The summed E-state index contributed by atoms with van der Waals surface area (Å²) in [5, 5.41) is 12.5. The van der Waals surface area contributed by atoms with Crippen molar-refractivity contribution < 1.29 is 9.59 Å². The highest BCUT2D eigenvalue weighted by molar-refractivity contribution is 7.13. The Balaban J connectivity index is 1.52. The first-order valence-electron chi connectivity index (χ1n) is 10.7. The minimum Gasteiger partial charge on any atom is -0.354 e. The van der Waals surface area contributed by atoms with E-state index in [1.54, 1.807) is 16.0 Å². The lowest BCUT2D eigenvalue weighted by Gasteiger charge is -2.29. The van der Waals surface area contributed by atoms with Crippen LogP contribution in [0.2, 0.25) is 0 Å². The van der Waals surface area contributed by atoms with E-state index in [-0.39, 0.29) is 35.6 Å². The third-order valence-corrected chi connectivity index (χ3v) is 6.23. The molecule has 8 heteroatoms. The van der Waals surface area contributed by atoms with Crippen LogP contribution < -0.4 is 10.6 Å². The van der Waals surface area contributed by atoms with Crippen molar-refractivity contribution in [2.45, 2.75) is 51.6 Å². The van der Waals surface area contributed by atoms with Gasteiger partial charge in [-0.25, -0.2) is 9.67 Å². The van der Waals surface area contributed by atoms with E-state index in [9.17, 15) is 9.59 Å². The Morgan fingerprint density at radius 3 is 2.65 bits per heavy atom. The van der Waals surface area contributed by atoms with Crippen LogP contribution in [0.25, 0.3) is 16.4 Å². The maximum atomic E-state index is 13.0. The van der Waals surface area contributed by atoms with Crippen molar-refractivity contribution in [3.63, 3.8) is 0 Å². The van der Waals surface area contributed by atoms with Crippen LogP contribution in [0, 0.1) is 5.92 Å². The third-order valence-electron chi connectivity index (χ3n) is 5.36. The van der Waals surface area contributed by atoms with Crippen LogP contribution in [0.15, 0.2) is 47.8 Å². The number of nitrogens with zero attached hydrogens (tertiary/aromatic N) is 3. The lowest BCUT2D eigenvalue weighted by Crippen LogP contribution is -2.44. The van der Waals surface area contributed by atoms with E-state index in [0.29, 0.717) is 12.2 Å². The van der Waals surface area contributed by atoms with Crippen LogP contribution >= 0.6 is 11.3 Å². The van der Waals surface area contributed by atoms with E-state index >= 15 is 0 Å². The molecule has 2 aromatic heterocycles. The summed E-state index contributed by atoms with van der Waals surface area (Å²) in [7, 11) is 0. The van der Waals surface area contributed by atoms with Gasteiger partial charge in [0.25, 0.3) is 5.91 Å². The van der Waals surface area contributed by atoms with Crippen molar-refractivity contribution in [3.8, 4) is 16.4 Å². The average Bonchev–Trinajstić information content (AvgIpc) is 3.44. The molecule has 0 aliphatic heterocycles. The van der Waals surface area contributed by atoms with Gasteiger partial charge in [0.2, 0.25) is 11.7 Å². The molecule has 0 bridgehead atoms. The summed E-state index contributed by atoms with van der Waals surface area (Å²) in [4.78, 5) is 30.9. The van der Waals surface area contributed by atoms with Gasteiger partial charge in [0.15, 0.2) is 5.82 Å². The second-order valence-corrected chi connectivity index (χ2v) is 9.13. The predicted molar refractivity (Wildman–Crippen MR) is 121 cm³/mol. The van der Waals surface area contributed by atoms with Crippen molar-refractivity contribution in [2.75, 3.05) is 0 Å². The number of hydrogen-bond donors (Lipinski definition) is 2. The smallest absolute Gasteiger partial charge is 0.291 e. The number of rotatable bonds is 6. The van der Waals surface area contributed by atoms with Crippen LogP contribution in [0.1, 0.15) is 50.1 Å². The molecule has 2 heterocycles. The number of thiophene rings is 1. The van der Waals surface area contributed by atoms with E-state index in [1.807, 2.05) is 61.7 Å². The number of hydrogen-bond acceptors (Lipinski definition) is 5. The van der Waals surface area contributed by atoms with Gasteiger partial charge in [-0.15, -0.1) is 16.4 Å². The minimum absolute atomic E-state index is 0.0574. The molecule has 1 fully saturated rings. The molecule has 2 unspecified atom stereocenters. The molecular formula is C23H27N5O2S. The first-order chi connectivity index (χ1) is 15.0. The third kappa shape index (κ3) is 5.02. The molecule has 3 aromatic rings. The van der Waals surface area contributed by atoms with Gasteiger partial charge in [-0.2, -0.15) is 0 Å². The lowest BCUT2D eigenvalue weighted by molar-refractivity contribution is -0.126. The zero-order valence-corrected chi connectivity index (χ0v) is 18.6. The van der Waals surface area contributed by atoms with E-state index in [4.69, 9.17) is 0 Å². The molecule has 0 radical (unpaired) electrons. The highest BCUT2D eigenvalue weighted by Crippen LogP contribution is 2.27. The molecule has 2 amide bonds. The van der Waals surface area contributed by atoms with Gasteiger partial charge in [-0.3, -0.25) is 9.59 Å². The number of aromatic nitrogens is 3. The van der Waals surface area contributed by atoms with Crippen LogP contribution in [0.3, 0.4) is 0 Å². The van der Waals surface area contributed by atoms with Crippen LogP contribution in [-0.4, -0.2) is 38.7 Å². The van der Waals surface area contributed by atoms with Crippen LogP contribution in [0.4, 0.5) is 0 Å². The molecule has 1 aliphatic carbocycles. The molecule has 162 valence electrons. The summed E-state index contributed by atoms with van der Waals surface area (Å²) in [6, 6.07) is 13.6. The Bertz CT molecular complexity index is 1030. The topological polar surface area (TPSA) is 88.9 Å². The Labute approximate surface area is 185 Å². The molecule has 1 aliphatic rings. The van der Waals surface area contributed by atoms with Crippen molar-refractivity contribution in [1.29, 1.82) is 0 Å². The van der Waals surface area contributed by atoms with Gasteiger partial charge < -0.3 is 10.6 Å². The van der Waals surface area contributed by atoms with E-state index < -0.39 is 0 Å². The van der Waals surface area contributed by atoms with Gasteiger partial charge in [0, 0.05) is 18.0 Å². The molecule has 0 saturated heterocycles. The molecule has 7 nitrogen and oxygen atoms in total. The second kappa shape index (κ2) is 9.43. The standard InChI is InChI=1S/C23H27N5O2S/c1-15(2)24-22(29)16-8-6-9-17(14-16)25-23(30)20-26-21(19-12-7-13-31-19)28(27-20)18-10-4-3-5-11-18/h3-5,7,10-13,15-17H,6,8-9,14H2,1-2H3,(H,24,29)(H,25,30). The second-order valence-electron chi connectivity index (χ2n) is 8.18. The summed E-state index contributed by atoms with van der Waals surface area (Å²) < 4.78 is 1.71. The number of amides is 2. The summed E-state index contributed by atoms with van der Waals surface area (Å²) in [6.07, 6.45) is 3.26. The first-order valence-corrected chi connectivity index (χ1v) is 11.6. The lowest BCUT2D eigenvalue weighted by atomic mass is 9.85. The van der Waals surface area contributed by atoms with Crippen LogP contribution in [0.5, 0.6) is 0 Å². The first kappa shape index (κ1) is 21.2. The molecule has 0 spiro atoms. The van der Waals surface area contributed by atoms with E-state index in [0.717, 1.165) is 29.8 Å². The van der Waals surface area contributed by atoms with Crippen LogP contribution in [-0.2, 0) is 4.79 Å². The summed E-state index contributed by atoms with van der Waals surface area (Å²) in [5.41, 5.74) is 0.848. The maximum absolute atomic E-state index is 13.0. The van der Waals surface area contributed by atoms with Crippen molar-refractivity contribution in [1.82, 2.24) is 25.4 Å². The van der Waals surface area contributed by atoms with Gasteiger partial charge in [-0.05, 0) is 56.7 Å². The number of carbonyl (C=O) groups is 2. The van der Waals surface area contributed by atoms with Gasteiger partial charge in [0.05, 0.1) is 10.6 Å². The fourth-order valence-electron chi connectivity index (χ4n) is 3.93. The molecule has 1 aromatic carbocycles. The summed E-state index contributed by atoms with van der Waals surface area (Å²) in [5.74, 6) is 0.478. The highest BCUT2D eigenvalue weighted by Gasteiger charge is 2.29. The summed E-state index contributed by atoms with van der Waals surface area (Å²) >= 11 is 1.55. The summed E-state index contributed by atoms with van der Waals surface area (Å²) in [6.45, 7) is 3.92. The Kier molecular flexibility index (Phi) is 6.46. The molecule has 4 rings (SSSR count). The molecule has 2 atom stereocenters. The van der Waals surface area contributed by atoms with E-state index in [1.165, 1.54) is 0 Å². The fourth-order valence-corrected chi connectivity index (χ4v) is 4.63. The molecular weight excluding hydrogens is 410 g/mol. The predicted octanol–water partition coefficient (Wildman–Crippen LogP) is 3.81. The number of nitrogens with one attached hydrogen (secondary N) is 2. The Morgan fingerprint density at radius 1 is 1.13 bits per heavy atom. The number of para-hydroxylation sites is 1. The molecule has 2 N–H and O–H groups in total. The zero-order chi connectivity index (χ0) is 21.8.